The zero-order valence-corrected chi connectivity index (χ0v) is 9.05. The Morgan fingerprint density at radius 1 is 1.43 bits per heavy atom. The fourth-order valence-electron chi connectivity index (χ4n) is 1.68. The van der Waals surface area contributed by atoms with Gasteiger partial charge in [-0.3, -0.25) is 0 Å². The van der Waals surface area contributed by atoms with Crippen LogP contribution in [0.2, 0.25) is 0 Å². The molecule has 0 spiro atoms. The second-order valence-electron chi connectivity index (χ2n) is 3.58. The van der Waals surface area contributed by atoms with Gasteiger partial charge in [0.25, 0.3) is 0 Å². The molecule has 0 saturated heterocycles. The molecule has 0 heterocycles. The molecule has 1 fully saturated rings. The van der Waals surface area contributed by atoms with E-state index in [1.807, 2.05) is 11.8 Å². The SMILES string of the molecule is CCSc1ccc(C2CC2C#N)cc1. The average molecular weight is 203 g/mol. The number of benzene rings is 1. The minimum atomic E-state index is 0.277. The maximum atomic E-state index is 8.72. The first-order valence-electron chi connectivity index (χ1n) is 4.97. The lowest BCUT2D eigenvalue weighted by Gasteiger charge is -2.00. The Bertz CT molecular complexity index is 350. The van der Waals surface area contributed by atoms with E-state index in [2.05, 4.69) is 37.3 Å². The lowest BCUT2D eigenvalue weighted by molar-refractivity contribution is 1.02. The monoisotopic (exact) mass is 203 g/mol. The number of thioether (sulfide) groups is 1. The van der Waals surface area contributed by atoms with Crippen molar-refractivity contribution in [1.29, 1.82) is 5.26 Å². The Morgan fingerprint density at radius 3 is 2.64 bits per heavy atom. The van der Waals surface area contributed by atoms with E-state index in [-0.39, 0.29) is 5.92 Å². The average Bonchev–Trinajstić information content (AvgIpc) is 2.99. The molecule has 1 aliphatic rings. The van der Waals surface area contributed by atoms with Crippen molar-refractivity contribution in [2.24, 2.45) is 5.92 Å². The third-order valence-electron chi connectivity index (χ3n) is 2.58. The van der Waals surface area contributed by atoms with Crippen molar-refractivity contribution < 1.29 is 0 Å². The van der Waals surface area contributed by atoms with Crippen LogP contribution in [-0.2, 0) is 0 Å². The van der Waals surface area contributed by atoms with E-state index < -0.39 is 0 Å². The normalized spacial score (nSPS) is 24.3. The molecular formula is C12H13NS. The highest BCUT2D eigenvalue weighted by Gasteiger charge is 2.38. The standard InChI is InChI=1S/C12H13NS/c1-2-14-11-5-3-9(4-6-11)12-7-10(12)8-13/h3-6,10,12H,2,7H2,1H3. The molecule has 0 amide bonds. The number of nitriles is 1. The summed E-state index contributed by atoms with van der Waals surface area (Å²) >= 11 is 1.86. The van der Waals surface area contributed by atoms with Crippen LogP contribution in [0.5, 0.6) is 0 Å². The number of rotatable bonds is 3. The topological polar surface area (TPSA) is 23.8 Å². The van der Waals surface area contributed by atoms with Crippen LogP contribution in [0.1, 0.15) is 24.8 Å². The first-order valence-corrected chi connectivity index (χ1v) is 5.96. The summed E-state index contributed by atoms with van der Waals surface area (Å²) < 4.78 is 0. The summed E-state index contributed by atoms with van der Waals surface area (Å²) in [6.07, 6.45) is 1.05. The number of nitrogens with zero attached hydrogens (tertiary/aromatic N) is 1. The number of hydrogen-bond acceptors (Lipinski definition) is 2. The van der Waals surface area contributed by atoms with Crippen molar-refractivity contribution >= 4 is 11.8 Å². The molecule has 1 aromatic rings. The molecule has 0 radical (unpaired) electrons. The molecule has 0 bridgehead atoms. The summed E-state index contributed by atoms with van der Waals surface area (Å²) in [5.41, 5.74) is 1.33. The molecule has 2 rings (SSSR count). The molecule has 1 aliphatic carbocycles. The minimum absolute atomic E-state index is 0.277. The molecule has 1 saturated carbocycles. The van der Waals surface area contributed by atoms with Crippen molar-refractivity contribution in [3.05, 3.63) is 29.8 Å². The van der Waals surface area contributed by atoms with Crippen molar-refractivity contribution in [3.8, 4) is 6.07 Å². The largest absolute Gasteiger partial charge is 0.198 e. The van der Waals surface area contributed by atoms with Gasteiger partial charge < -0.3 is 0 Å². The predicted molar refractivity (Wildman–Crippen MR) is 59.3 cm³/mol. The van der Waals surface area contributed by atoms with Crippen molar-refractivity contribution in [1.82, 2.24) is 0 Å². The maximum absolute atomic E-state index is 8.72. The Kier molecular flexibility index (Phi) is 2.79. The summed E-state index contributed by atoms with van der Waals surface area (Å²) in [4.78, 5) is 1.32. The van der Waals surface area contributed by atoms with Crippen LogP contribution in [0, 0.1) is 17.2 Å². The smallest absolute Gasteiger partial charge is 0.0662 e. The third kappa shape index (κ3) is 1.93. The third-order valence-corrected chi connectivity index (χ3v) is 3.47. The molecule has 1 aromatic carbocycles. The van der Waals surface area contributed by atoms with E-state index in [0.717, 1.165) is 12.2 Å². The molecule has 72 valence electrons. The quantitative estimate of drug-likeness (QED) is 0.703. The van der Waals surface area contributed by atoms with E-state index in [1.165, 1.54) is 10.5 Å². The Morgan fingerprint density at radius 2 is 2.14 bits per heavy atom. The molecule has 1 nitrogen and oxygen atoms in total. The lowest BCUT2D eigenvalue weighted by Crippen LogP contribution is -1.81. The summed E-state index contributed by atoms with van der Waals surface area (Å²) in [5, 5.41) is 8.72. The summed E-state index contributed by atoms with van der Waals surface area (Å²) in [7, 11) is 0. The Hall–Kier alpha value is -0.940. The molecule has 0 aromatic heterocycles. The summed E-state index contributed by atoms with van der Waals surface area (Å²) in [5.74, 6) is 1.91. The molecule has 0 N–H and O–H groups in total. The van der Waals surface area contributed by atoms with Gasteiger partial charge in [0.05, 0.1) is 12.0 Å². The second-order valence-corrected chi connectivity index (χ2v) is 4.92. The van der Waals surface area contributed by atoms with E-state index in [9.17, 15) is 0 Å². The fraction of sp³-hybridized carbons (Fsp3) is 0.417. The van der Waals surface area contributed by atoms with E-state index in [0.29, 0.717) is 5.92 Å². The molecule has 2 heteroatoms. The molecule has 2 atom stereocenters. The van der Waals surface area contributed by atoms with Crippen LogP contribution in [0.15, 0.2) is 29.2 Å². The van der Waals surface area contributed by atoms with Crippen LogP contribution < -0.4 is 0 Å². The van der Waals surface area contributed by atoms with Gasteiger partial charge in [0.2, 0.25) is 0 Å². The van der Waals surface area contributed by atoms with Gasteiger partial charge in [0.15, 0.2) is 0 Å². The van der Waals surface area contributed by atoms with Crippen LogP contribution in [-0.4, -0.2) is 5.75 Å². The minimum Gasteiger partial charge on any atom is -0.198 e. The number of hydrogen-bond donors (Lipinski definition) is 0. The molecular weight excluding hydrogens is 190 g/mol. The van der Waals surface area contributed by atoms with Gasteiger partial charge in [-0.25, -0.2) is 0 Å². The highest BCUT2D eigenvalue weighted by Crippen LogP contribution is 2.46. The summed E-state index contributed by atoms with van der Waals surface area (Å²) in [6.45, 7) is 2.16. The second kappa shape index (κ2) is 4.06. The fourth-order valence-corrected chi connectivity index (χ4v) is 2.35. The predicted octanol–water partition coefficient (Wildman–Crippen LogP) is 3.43. The van der Waals surface area contributed by atoms with E-state index in [1.54, 1.807) is 0 Å². The zero-order valence-electron chi connectivity index (χ0n) is 8.23. The zero-order chi connectivity index (χ0) is 9.97. The van der Waals surface area contributed by atoms with Gasteiger partial charge in [-0.05, 0) is 29.9 Å². The van der Waals surface area contributed by atoms with Gasteiger partial charge in [-0.15, -0.1) is 11.8 Å². The Labute approximate surface area is 89.1 Å². The van der Waals surface area contributed by atoms with Gasteiger partial charge in [0.1, 0.15) is 0 Å². The van der Waals surface area contributed by atoms with Gasteiger partial charge >= 0.3 is 0 Å². The van der Waals surface area contributed by atoms with Crippen molar-refractivity contribution in [2.45, 2.75) is 24.2 Å². The van der Waals surface area contributed by atoms with Gasteiger partial charge in [-0.2, -0.15) is 5.26 Å². The van der Waals surface area contributed by atoms with Crippen LogP contribution >= 0.6 is 11.8 Å². The molecule has 0 aliphatic heterocycles. The van der Waals surface area contributed by atoms with Gasteiger partial charge in [-0.1, -0.05) is 19.1 Å². The van der Waals surface area contributed by atoms with Crippen LogP contribution in [0.4, 0.5) is 0 Å². The van der Waals surface area contributed by atoms with E-state index in [4.69, 9.17) is 5.26 Å². The van der Waals surface area contributed by atoms with Crippen molar-refractivity contribution in [2.75, 3.05) is 5.75 Å². The Balaban J connectivity index is 2.05. The first kappa shape index (κ1) is 9.61. The highest BCUT2D eigenvalue weighted by molar-refractivity contribution is 7.99. The van der Waals surface area contributed by atoms with Gasteiger partial charge in [0, 0.05) is 10.8 Å². The highest BCUT2D eigenvalue weighted by atomic mass is 32.2. The van der Waals surface area contributed by atoms with Crippen LogP contribution in [0.25, 0.3) is 0 Å². The van der Waals surface area contributed by atoms with E-state index >= 15 is 0 Å². The molecule has 14 heavy (non-hydrogen) atoms. The molecule has 2 unspecified atom stereocenters. The van der Waals surface area contributed by atoms with Crippen LogP contribution in [0.3, 0.4) is 0 Å². The maximum Gasteiger partial charge on any atom is 0.0662 e. The first-order chi connectivity index (χ1) is 6.85. The van der Waals surface area contributed by atoms with Crippen molar-refractivity contribution in [3.63, 3.8) is 0 Å². The summed E-state index contributed by atoms with van der Waals surface area (Å²) in [6, 6.07) is 11.0. The lowest BCUT2D eigenvalue weighted by atomic mass is 10.1.